The second kappa shape index (κ2) is 12.8. The maximum absolute atomic E-state index is 13.0. The van der Waals surface area contributed by atoms with Crippen LogP contribution in [-0.2, 0) is 17.6 Å². The lowest BCUT2D eigenvalue weighted by molar-refractivity contribution is -0.131. The Labute approximate surface area is 249 Å². The van der Waals surface area contributed by atoms with E-state index in [0.29, 0.717) is 13.0 Å². The van der Waals surface area contributed by atoms with Gasteiger partial charge in [0.1, 0.15) is 11.6 Å². The Morgan fingerprint density at radius 2 is 1.62 bits per heavy atom. The molecule has 2 aromatic carbocycles. The van der Waals surface area contributed by atoms with Crippen molar-refractivity contribution >= 4 is 17.2 Å². The van der Waals surface area contributed by atoms with Gasteiger partial charge in [0, 0.05) is 31.4 Å². The summed E-state index contributed by atoms with van der Waals surface area (Å²) < 4.78 is 12.8. The molecule has 42 heavy (non-hydrogen) atoms. The fraction of sp³-hybridized carbons (Fsp3) is 0.303. The van der Waals surface area contributed by atoms with Crippen molar-refractivity contribution in [2.75, 3.05) is 20.1 Å². The van der Waals surface area contributed by atoms with E-state index in [2.05, 4.69) is 68.5 Å². The predicted octanol–water partition coefficient (Wildman–Crippen LogP) is 7.24. The van der Waals surface area contributed by atoms with E-state index in [0.717, 1.165) is 93.9 Å². The number of likely N-dealkylation sites (tertiary alicyclic amines) is 1. The number of hydrogen-bond acceptors (Lipinski definition) is 5. The minimum Gasteiger partial charge on any atom is -0.342 e. The first kappa shape index (κ1) is 28.1. The van der Waals surface area contributed by atoms with Crippen molar-refractivity contribution in [2.45, 2.75) is 44.6 Å². The molecule has 216 valence electrons. The normalized spacial score (nSPS) is 15.1. The van der Waals surface area contributed by atoms with E-state index in [1.54, 1.807) is 11.3 Å². The van der Waals surface area contributed by atoms with Gasteiger partial charge in [0.05, 0.1) is 36.2 Å². The molecule has 1 amide bonds. The number of carbonyl (C=O) groups excluding carboxylic acids is 1. The molecule has 0 aliphatic carbocycles. The third-order valence-electron chi connectivity index (χ3n) is 7.87. The molecule has 0 radical (unpaired) electrons. The fourth-order valence-electron chi connectivity index (χ4n) is 5.61. The molecule has 1 atom stereocenters. The van der Waals surface area contributed by atoms with E-state index in [1.807, 2.05) is 34.8 Å². The highest BCUT2D eigenvalue weighted by atomic mass is 32.1. The van der Waals surface area contributed by atoms with Crippen molar-refractivity contribution in [2.24, 2.45) is 0 Å². The number of aromatic amines is 2. The fourth-order valence-corrected chi connectivity index (χ4v) is 6.30. The Hall–Kier alpha value is -4.08. The van der Waals surface area contributed by atoms with Gasteiger partial charge < -0.3 is 14.9 Å². The van der Waals surface area contributed by atoms with Crippen LogP contribution in [0.3, 0.4) is 0 Å². The number of aromatic nitrogens is 4. The first-order valence-electron chi connectivity index (χ1n) is 14.5. The summed E-state index contributed by atoms with van der Waals surface area (Å²) in [5, 5.41) is 2.74. The highest BCUT2D eigenvalue weighted by Crippen LogP contribution is 2.33. The number of thiophene rings is 1. The summed E-state index contributed by atoms with van der Waals surface area (Å²) >= 11 is 1.63. The van der Waals surface area contributed by atoms with Crippen LogP contribution in [-0.4, -0.2) is 56.0 Å². The summed E-state index contributed by atoms with van der Waals surface area (Å²) in [7, 11) is 1.45. The van der Waals surface area contributed by atoms with Crippen molar-refractivity contribution in [1.29, 1.82) is 0 Å². The van der Waals surface area contributed by atoms with Crippen LogP contribution in [0.5, 0.6) is 0 Å². The molecule has 9 heteroatoms. The lowest BCUT2D eigenvalue weighted by Gasteiger charge is -2.23. The van der Waals surface area contributed by atoms with Crippen molar-refractivity contribution in [3.8, 4) is 33.6 Å². The molecule has 1 saturated heterocycles. The minimum absolute atomic E-state index is 0.00154. The lowest BCUT2D eigenvalue weighted by Crippen LogP contribution is -2.32. The number of nitrogens with zero attached hydrogens (tertiary/aromatic N) is 4. The summed E-state index contributed by atoms with van der Waals surface area (Å²) in [6.45, 7) is 1.22. The third-order valence-corrected chi connectivity index (χ3v) is 8.75. The van der Waals surface area contributed by atoms with Crippen molar-refractivity contribution < 1.29 is 9.28 Å². The quantitative estimate of drug-likeness (QED) is 0.127. The number of unbranched alkanes of at least 4 members (excludes halogenated alkanes) is 1. The van der Waals surface area contributed by atoms with Gasteiger partial charge in [-0.3, -0.25) is 4.79 Å². The van der Waals surface area contributed by atoms with Gasteiger partial charge in [-0.2, -0.15) is 0 Å². The molecule has 0 bridgehead atoms. The first-order chi connectivity index (χ1) is 20.5. The van der Waals surface area contributed by atoms with Gasteiger partial charge in [-0.05, 0) is 59.4 Å². The number of carbonyl (C=O) groups is 1. The Morgan fingerprint density at radius 1 is 0.952 bits per heavy atom. The van der Waals surface area contributed by atoms with E-state index < -0.39 is 0 Å². The maximum atomic E-state index is 13.0. The molecule has 1 aliphatic rings. The van der Waals surface area contributed by atoms with Crippen LogP contribution in [0.1, 0.15) is 48.3 Å². The van der Waals surface area contributed by atoms with Crippen LogP contribution < -0.4 is 0 Å². The van der Waals surface area contributed by atoms with E-state index in [9.17, 15) is 9.28 Å². The number of benzene rings is 2. The van der Waals surface area contributed by atoms with Gasteiger partial charge in [0.25, 0.3) is 0 Å². The topological polar surface area (TPSA) is 80.9 Å². The highest BCUT2D eigenvalue weighted by Gasteiger charge is 2.32. The second-order valence-electron chi connectivity index (χ2n) is 10.9. The molecule has 5 aromatic rings. The largest absolute Gasteiger partial charge is 0.342 e. The Bertz CT molecular complexity index is 1590. The monoisotopic (exact) mass is 582 g/mol. The van der Waals surface area contributed by atoms with Crippen LogP contribution >= 0.6 is 11.3 Å². The molecule has 7 nitrogen and oxygen atoms in total. The summed E-state index contributed by atoms with van der Waals surface area (Å²) in [5.74, 6) is 1.95. The summed E-state index contributed by atoms with van der Waals surface area (Å²) in [6.07, 6.45) is 8.61. The van der Waals surface area contributed by atoms with Gasteiger partial charge in [-0.15, -0.1) is 20.9 Å². The number of halogens is 1. The van der Waals surface area contributed by atoms with Gasteiger partial charge in [0.2, 0.25) is 5.91 Å². The van der Waals surface area contributed by atoms with Crippen molar-refractivity contribution in [1.82, 2.24) is 30.0 Å². The summed E-state index contributed by atoms with van der Waals surface area (Å²) in [5.41, 5.74) is 6.35. The predicted molar refractivity (Wildman–Crippen MR) is 165 cm³/mol. The molecule has 2 N–H and O–H groups in total. The molecule has 1 unspecified atom stereocenters. The van der Waals surface area contributed by atoms with Gasteiger partial charge >= 0.3 is 0 Å². The molecular formula is C33H35FN6OS. The number of imidazole rings is 2. The van der Waals surface area contributed by atoms with E-state index in [1.165, 1.54) is 7.05 Å². The van der Waals surface area contributed by atoms with E-state index >= 15 is 0 Å². The Kier molecular flexibility index (Phi) is 8.58. The zero-order valence-electron chi connectivity index (χ0n) is 23.7. The minimum atomic E-state index is -0.00154. The number of nitrogens with one attached hydrogen (secondary N) is 2. The molecule has 4 heterocycles. The molecule has 3 aromatic heterocycles. The van der Waals surface area contributed by atoms with Crippen LogP contribution in [0.15, 0.2) is 78.4 Å². The van der Waals surface area contributed by atoms with Gasteiger partial charge in [-0.1, -0.05) is 54.6 Å². The van der Waals surface area contributed by atoms with Crippen LogP contribution in [0, 0.1) is 0 Å². The maximum Gasteiger partial charge on any atom is 0.228 e. The smallest absolute Gasteiger partial charge is 0.228 e. The standard InChI is InChI=1S/C33H35FN6OS/c1-39(34)17-3-2-8-31-35-21-28(37-31)25-13-9-23(10-14-25)24-11-15-26(16-12-24)29-22-36-33(38-29)30-7-4-18-40(30)32(41)20-27-6-5-19-42-27/h5-6,9-16,19,21-22,30H,2-4,7-8,17-18,20H2,1H3,(H,35,37)(H,36,38). The number of rotatable bonds is 11. The average molecular weight is 583 g/mol. The summed E-state index contributed by atoms with van der Waals surface area (Å²) in [6, 6.07) is 20.9. The number of H-pyrrole nitrogens is 2. The average Bonchev–Trinajstić information content (AvgIpc) is 3.83. The van der Waals surface area contributed by atoms with E-state index in [4.69, 9.17) is 0 Å². The zero-order valence-corrected chi connectivity index (χ0v) is 24.5. The van der Waals surface area contributed by atoms with Crippen LogP contribution in [0.25, 0.3) is 33.6 Å². The van der Waals surface area contributed by atoms with Crippen LogP contribution in [0.2, 0.25) is 0 Å². The second-order valence-corrected chi connectivity index (χ2v) is 11.9. The number of amides is 1. The molecule has 6 rings (SSSR count). The SMILES string of the molecule is CN(F)CCCCc1ncc(-c2ccc(-c3ccc(-c4cnc(C5CCCN5C(=O)Cc5cccs5)[nH]4)cc3)cc2)[nH]1. The molecule has 1 aliphatic heterocycles. The molecule has 0 saturated carbocycles. The van der Waals surface area contributed by atoms with Crippen molar-refractivity contribution in [3.05, 3.63) is 95.0 Å². The lowest BCUT2D eigenvalue weighted by atomic mass is 10.0. The number of hydrogen-bond donors (Lipinski definition) is 2. The Morgan fingerprint density at radius 3 is 2.29 bits per heavy atom. The van der Waals surface area contributed by atoms with Gasteiger partial charge in [0.15, 0.2) is 0 Å². The first-order valence-corrected chi connectivity index (χ1v) is 15.4. The zero-order chi connectivity index (χ0) is 28.9. The van der Waals surface area contributed by atoms with Crippen molar-refractivity contribution in [3.63, 3.8) is 0 Å². The Balaban J connectivity index is 1.08. The van der Waals surface area contributed by atoms with E-state index in [-0.39, 0.29) is 11.9 Å². The molecule has 0 spiro atoms. The summed E-state index contributed by atoms with van der Waals surface area (Å²) in [4.78, 5) is 32.1. The highest BCUT2D eigenvalue weighted by molar-refractivity contribution is 7.10. The molecular weight excluding hydrogens is 547 g/mol. The van der Waals surface area contributed by atoms with Crippen LogP contribution in [0.4, 0.5) is 4.48 Å². The molecule has 1 fully saturated rings. The van der Waals surface area contributed by atoms with Gasteiger partial charge in [-0.25, -0.2) is 9.97 Å². The number of aryl methyl sites for hydroxylation is 1. The third kappa shape index (κ3) is 6.53.